The maximum absolute atomic E-state index is 13.5. The highest BCUT2D eigenvalue weighted by molar-refractivity contribution is 7.12. The van der Waals surface area contributed by atoms with Crippen molar-refractivity contribution >= 4 is 28.6 Å². The van der Waals surface area contributed by atoms with Crippen molar-refractivity contribution < 1.29 is 14.3 Å². The second kappa shape index (κ2) is 8.67. The Kier molecular flexibility index (Phi) is 5.57. The van der Waals surface area contributed by atoms with Crippen LogP contribution in [-0.2, 0) is 11.2 Å². The molecule has 0 unspecified atom stereocenters. The van der Waals surface area contributed by atoms with Crippen LogP contribution in [0, 0.1) is 0 Å². The molecule has 0 bridgehead atoms. The maximum Gasteiger partial charge on any atom is 0.262 e. The fourth-order valence-electron chi connectivity index (χ4n) is 4.46. The van der Waals surface area contributed by atoms with E-state index in [0.29, 0.717) is 24.5 Å². The normalized spacial score (nSPS) is 17.3. The molecule has 6 nitrogen and oxygen atoms in total. The molecule has 0 spiro atoms. The molecular formula is C25H25N3O3S. The first-order chi connectivity index (χ1) is 15.7. The molecule has 32 heavy (non-hydrogen) atoms. The van der Waals surface area contributed by atoms with Gasteiger partial charge in [0.25, 0.3) is 5.91 Å². The summed E-state index contributed by atoms with van der Waals surface area (Å²) in [5, 5.41) is 8.50. The average molecular weight is 448 g/mol. The van der Waals surface area contributed by atoms with Crippen molar-refractivity contribution in [3.8, 4) is 11.5 Å². The van der Waals surface area contributed by atoms with E-state index in [1.54, 1.807) is 30.6 Å². The molecule has 2 aliphatic heterocycles. The number of thiophene rings is 1. The Morgan fingerprint density at radius 2 is 1.94 bits per heavy atom. The van der Waals surface area contributed by atoms with Gasteiger partial charge in [0.1, 0.15) is 0 Å². The molecule has 0 radical (unpaired) electrons. The summed E-state index contributed by atoms with van der Waals surface area (Å²) in [6.07, 6.45) is 1.63. The summed E-state index contributed by atoms with van der Waals surface area (Å²) < 4.78 is 10.9. The molecule has 0 saturated heterocycles. The van der Waals surface area contributed by atoms with Gasteiger partial charge in [-0.25, -0.2) is 5.01 Å². The maximum atomic E-state index is 13.5. The number of carbonyl (C=O) groups is 1. The van der Waals surface area contributed by atoms with Crippen molar-refractivity contribution in [1.82, 2.24) is 5.01 Å². The number of anilines is 1. The van der Waals surface area contributed by atoms with Gasteiger partial charge < -0.3 is 14.4 Å². The van der Waals surface area contributed by atoms with Gasteiger partial charge in [-0.1, -0.05) is 30.3 Å². The minimum Gasteiger partial charge on any atom is -0.493 e. The van der Waals surface area contributed by atoms with Gasteiger partial charge in [-0.3, -0.25) is 4.79 Å². The lowest BCUT2D eigenvalue weighted by Crippen LogP contribution is -2.37. The number of rotatable bonds is 6. The molecule has 1 aromatic heterocycles. The van der Waals surface area contributed by atoms with Gasteiger partial charge >= 0.3 is 0 Å². The third-order valence-corrected chi connectivity index (χ3v) is 6.99. The van der Waals surface area contributed by atoms with Crippen LogP contribution in [-0.4, -0.2) is 43.9 Å². The molecule has 0 aliphatic carbocycles. The minimum absolute atomic E-state index is 0.00644. The molecule has 5 rings (SSSR count). The first-order valence-electron chi connectivity index (χ1n) is 10.7. The van der Waals surface area contributed by atoms with Gasteiger partial charge in [0.15, 0.2) is 11.5 Å². The lowest BCUT2D eigenvalue weighted by Gasteiger charge is -2.26. The zero-order chi connectivity index (χ0) is 22.1. The number of ether oxygens (including phenoxy) is 2. The fourth-order valence-corrected chi connectivity index (χ4v) is 5.18. The SMILES string of the molecule is COc1ccc([C@@H]2CC(c3cccs3)=NN2C(=O)CN2CCc3ccccc32)cc1OC. The molecule has 1 amide bonds. The molecular weight excluding hydrogens is 422 g/mol. The van der Waals surface area contributed by atoms with Crippen molar-refractivity contribution in [3.63, 3.8) is 0 Å². The van der Waals surface area contributed by atoms with Crippen LogP contribution < -0.4 is 14.4 Å². The van der Waals surface area contributed by atoms with Crippen LogP contribution in [0.3, 0.4) is 0 Å². The predicted octanol–water partition coefficient (Wildman–Crippen LogP) is 4.51. The van der Waals surface area contributed by atoms with E-state index in [4.69, 9.17) is 14.6 Å². The molecule has 7 heteroatoms. The van der Waals surface area contributed by atoms with E-state index < -0.39 is 0 Å². The van der Waals surface area contributed by atoms with Crippen LogP contribution in [0.25, 0.3) is 0 Å². The van der Waals surface area contributed by atoms with Gasteiger partial charge in [0.2, 0.25) is 0 Å². The average Bonchev–Trinajstić information content (AvgIpc) is 3.58. The first kappa shape index (κ1) is 20.6. The summed E-state index contributed by atoms with van der Waals surface area (Å²) >= 11 is 1.64. The number of benzene rings is 2. The largest absolute Gasteiger partial charge is 0.493 e. The lowest BCUT2D eigenvalue weighted by molar-refractivity contribution is -0.131. The number of hydrogen-bond acceptors (Lipinski definition) is 6. The Hall–Kier alpha value is -3.32. The Labute approximate surface area is 191 Å². The first-order valence-corrected chi connectivity index (χ1v) is 11.5. The van der Waals surface area contributed by atoms with Gasteiger partial charge in [-0.2, -0.15) is 5.10 Å². The topological polar surface area (TPSA) is 54.4 Å². The lowest BCUT2D eigenvalue weighted by atomic mass is 10.0. The zero-order valence-corrected chi connectivity index (χ0v) is 19.0. The molecule has 164 valence electrons. The minimum atomic E-state index is -0.183. The van der Waals surface area contributed by atoms with Crippen LogP contribution in [0.2, 0.25) is 0 Å². The van der Waals surface area contributed by atoms with Crippen LogP contribution in [0.15, 0.2) is 65.1 Å². The summed E-state index contributed by atoms with van der Waals surface area (Å²) in [4.78, 5) is 16.8. The van der Waals surface area contributed by atoms with Gasteiger partial charge in [0, 0.05) is 18.7 Å². The van der Waals surface area contributed by atoms with Gasteiger partial charge in [-0.15, -0.1) is 11.3 Å². The smallest absolute Gasteiger partial charge is 0.262 e. The number of hydrazone groups is 1. The number of amides is 1. The van der Waals surface area contributed by atoms with Gasteiger partial charge in [-0.05, 0) is 47.2 Å². The van der Waals surface area contributed by atoms with E-state index in [0.717, 1.165) is 34.8 Å². The molecule has 0 saturated carbocycles. The number of nitrogens with zero attached hydrogens (tertiary/aromatic N) is 3. The van der Waals surface area contributed by atoms with Crippen LogP contribution in [0.1, 0.15) is 28.5 Å². The predicted molar refractivity (Wildman–Crippen MR) is 127 cm³/mol. The Morgan fingerprint density at radius 3 is 2.72 bits per heavy atom. The molecule has 2 aliphatic rings. The second-order valence-electron chi connectivity index (χ2n) is 7.90. The quantitative estimate of drug-likeness (QED) is 0.558. The highest BCUT2D eigenvalue weighted by Crippen LogP contribution is 2.38. The summed E-state index contributed by atoms with van der Waals surface area (Å²) in [6, 6.07) is 18.0. The molecule has 1 atom stereocenters. The third-order valence-electron chi connectivity index (χ3n) is 6.07. The van der Waals surface area contributed by atoms with E-state index >= 15 is 0 Å². The molecule has 3 aromatic rings. The number of fused-ring (bicyclic) bond motifs is 1. The third kappa shape index (κ3) is 3.73. The number of para-hydroxylation sites is 1. The van der Waals surface area contributed by atoms with Crippen LogP contribution in [0.4, 0.5) is 5.69 Å². The standard InChI is InChI=1S/C25H25N3O3S/c1-30-22-10-9-18(14-23(22)31-2)21-15-19(24-8-5-13-32-24)26-28(21)25(29)16-27-12-11-17-6-3-4-7-20(17)27/h3-10,13-14,21H,11-12,15-16H2,1-2H3/t21-/m0/s1. The van der Waals surface area contributed by atoms with Gasteiger partial charge in [0.05, 0.1) is 37.4 Å². The number of hydrogen-bond donors (Lipinski definition) is 0. The summed E-state index contributed by atoms with van der Waals surface area (Å²) in [7, 11) is 3.24. The molecule has 0 N–H and O–H groups in total. The Morgan fingerprint density at radius 1 is 1.09 bits per heavy atom. The van der Waals surface area contributed by atoms with Crippen molar-refractivity contribution in [2.45, 2.75) is 18.9 Å². The zero-order valence-electron chi connectivity index (χ0n) is 18.2. The van der Waals surface area contributed by atoms with Crippen molar-refractivity contribution in [2.24, 2.45) is 5.10 Å². The molecule has 2 aromatic carbocycles. The van der Waals surface area contributed by atoms with E-state index in [-0.39, 0.29) is 11.9 Å². The Balaban J connectivity index is 1.45. The van der Waals surface area contributed by atoms with E-state index in [1.807, 2.05) is 35.7 Å². The van der Waals surface area contributed by atoms with E-state index in [2.05, 4.69) is 29.2 Å². The van der Waals surface area contributed by atoms with Crippen molar-refractivity contribution in [3.05, 3.63) is 76.0 Å². The monoisotopic (exact) mass is 447 g/mol. The van der Waals surface area contributed by atoms with Crippen LogP contribution in [0.5, 0.6) is 11.5 Å². The molecule has 0 fully saturated rings. The van der Waals surface area contributed by atoms with Crippen molar-refractivity contribution in [1.29, 1.82) is 0 Å². The van der Waals surface area contributed by atoms with Crippen molar-refractivity contribution in [2.75, 3.05) is 32.2 Å². The number of methoxy groups -OCH3 is 2. The fraction of sp³-hybridized carbons (Fsp3) is 0.280. The molecule has 3 heterocycles. The number of carbonyl (C=O) groups excluding carboxylic acids is 1. The second-order valence-corrected chi connectivity index (χ2v) is 8.84. The summed E-state index contributed by atoms with van der Waals surface area (Å²) in [6.45, 7) is 1.16. The Bertz CT molecular complexity index is 1160. The summed E-state index contributed by atoms with van der Waals surface area (Å²) in [5.74, 6) is 1.31. The van der Waals surface area contributed by atoms with Crippen LogP contribution >= 0.6 is 11.3 Å². The highest BCUT2D eigenvalue weighted by Gasteiger charge is 2.35. The highest BCUT2D eigenvalue weighted by atomic mass is 32.1. The van der Waals surface area contributed by atoms with E-state index in [1.165, 1.54) is 5.56 Å². The van der Waals surface area contributed by atoms with E-state index in [9.17, 15) is 4.79 Å². The summed E-state index contributed by atoms with van der Waals surface area (Å²) in [5.41, 5.74) is 4.36.